The van der Waals surface area contributed by atoms with E-state index in [9.17, 15) is 4.79 Å². The summed E-state index contributed by atoms with van der Waals surface area (Å²) >= 11 is 0. The van der Waals surface area contributed by atoms with Gasteiger partial charge in [0.05, 0.1) is 6.04 Å². The summed E-state index contributed by atoms with van der Waals surface area (Å²) in [6, 6.07) is 0.295. The average molecular weight is 268 g/mol. The van der Waals surface area contributed by atoms with E-state index in [4.69, 9.17) is 5.73 Å². The van der Waals surface area contributed by atoms with Crippen molar-refractivity contribution in [3.63, 3.8) is 0 Å². The standard InChI is InChI=1S/C16H32N2O/c1-11(2)14(12(3)4)15(16(17)19)18-13-9-7-5-6-8-10-13/h11-15,18H,5-10H2,1-4H3,(H2,17,19). The van der Waals surface area contributed by atoms with Crippen molar-refractivity contribution >= 4 is 5.91 Å². The fourth-order valence-corrected chi connectivity index (χ4v) is 3.62. The van der Waals surface area contributed by atoms with Crippen LogP contribution in [0.2, 0.25) is 0 Å². The van der Waals surface area contributed by atoms with Gasteiger partial charge in [0.2, 0.25) is 5.91 Å². The van der Waals surface area contributed by atoms with E-state index < -0.39 is 0 Å². The Hall–Kier alpha value is -0.570. The fraction of sp³-hybridized carbons (Fsp3) is 0.938. The van der Waals surface area contributed by atoms with Crippen molar-refractivity contribution in [1.29, 1.82) is 0 Å². The van der Waals surface area contributed by atoms with Gasteiger partial charge in [-0.2, -0.15) is 0 Å². The molecule has 112 valence electrons. The maximum absolute atomic E-state index is 11.9. The van der Waals surface area contributed by atoms with Crippen LogP contribution in [0, 0.1) is 17.8 Å². The number of carbonyl (C=O) groups is 1. The van der Waals surface area contributed by atoms with Crippen LogP contribution in [-0.4, -0.2) is 18.0 Å². The van der Waals surface area contributed by atoms with Crippen molar-refractivity contribution < 1.29 is 4.79 Å². The SMILES string of the molecule is CC(C)C(C(C)C)C(NC1CCCCCC1)C(N)=O. The van der Waals surface area contributed by atoms with E-state index >= 15 is 0 Å². The molecule has 3 nitrogen and oxygen atoms in total. The molecule has 1 aliphatic carbocycles. The number of hydrogen-bond donors (Lipinski definition) is 2. The molecule has 1 saturated carbocycles. The Labute approximate surface area is 118 Å². The van der Waals surface area contributed by atoms with Crippen molar-refractivity contribution in [2.45, 2.75) is 78.3 Å². The van der Waals surface area contributed by atoms with Crippen molar-refractivity contribution in [3.05, 3.63) is 0 Å². The highest BCUT2D eigenvalue weighted by atomic mass is 16.1. The highest BCUT2D eigenvalue weighted by Gasteiger charge is 2.32. The number of nitrogens with one attached hydrogen (secondary N) is 1. The zero-order chi connectivity index (χ0) is 14.4. The highest BCUT2D eigenvalue weighted by Crippen LogP contribution is 2.26. The summed E-state index contributed by atoms with van der Waals surface area (Å²) in [5, 5.41) is 3.58. The van der Waals surface area contributed by atoms with Gasteiger partial charge in [0.25, 0.3) is 0 Å². The summed E-state index contributed by atoms with van der Waals surface area (Å²) in [7, 11) is 0. The first kappa shape index (κ1) is 16.5. The van der Waals surface area contributed by atoms with Crippen LogP contribution >= 0.6 is 0 Å². The number of nitrogens with two attached hydrogens (primary N) is 1. The van der Waals surface area contributed by atoms with Crippen LogP contribution in [-0.2, 0) is 4.79 Å². The summed E-state index contributed by atoms with van der Waals surface area (Å²) in [4.78, 5) is 11.9. The molecule has 19 heavy (non-hydrogen) atoms. The van der Waals surface area contributed by atoms with Gasteiger partial charge in [-0.15, -0.1) is 0 Å². The predicted molar refractivity (Wildman–Crippen MR) is 80.8 cm³/mol. The molecule has 0 aromatic rings. The van der Waals surface area contributed by atoms with Crippen LogP contribution in [0.15, 0.2) is 0 Å². The number of primary amides is 1. The van der Waals surface area contributed by atoms with Crippen LogP contribution in [0.3, 0.4) is 0 Å². The lowest BCUT2D eigenvalue weighted by atomic mass is 9.79. The lowest BCUT2D eigenvalue weighted by Gasteiger charge is -2.34. The quantitative estimate of drug-likeness (QED) is 0.727. The second-order valence-electron chi connectivity index (χ2n) is 6.80. The third kappa shape index (κ3) is 5.13. The van der Waals surface area contributed by atoms with Gasteiger partial charge in [0.1, 0.15) is 0 Å². The smallest absolute Gasteiger partial charge is 0.234 e. The summed E-state index contributed by atoms with van der Waals surface area (Å²) < 4.78 is 0. The third-order valence-corrected chi connectivity index (χ3v) is 4.50. The molecule has 1 aliphatic rings. The molecule has 0 heterocycles. The zero-order valence-electron chi connectivity index (χ0n) is 13.1. The number of carbonyl (C=O) groups excluding carboxylic acids is 1. The molecule has 1 rings (SSSR count). The minimum Gasteiger partial charge on any atom is -0.368 e. The van der Waals surface area contributed by atoms with E-state index in [1.165, 1.54) is 38.5 Å². The van der Waals surface area contributed by atoms with Crippen LogP contribution in [0.25, 0.3) is 0 Å². The Balaban J connectivity index is 2.72. The van der Waals surface area contributed by atoms with E-state index in [0.29, 0.717) is 23.8 Å². The Morgan fingerprint density at radius 2 is 1.47 bits per heavy atom. The summed E-state index contributed by atoms with van der Waals surface area (Å²) in [6.45, 7) is 8.76. The molecule has 0 aromatic carbocycles. The molecule has 0 aromatic heterocycles. The van der Waals surface area contributed by atoms with Crippen molar-refractivity contribution in [2.75, 3.05) is 0 Å². The van der Waals surface area contributed by atoms with Crippen molar-refractivity contribution in [2.24, 2.45) is 23.5 Å². The average Bonchev–Trinajstić information content (AvgIpc) is 2.55. The molecule has 0 radical (unpaired) electrons. The van der Waals surface area contributed by atoms with Gasteiger partial charge in [-0.05, 0) is 30.6 Å². The van der Waals surface area contributed by atoms with Gasteiger partial charge in [0.15, 0.2) is 0 Å². The molecule has 0 aliphatic heterocycles. The summed E-state index contributed by atoms with van der Waals surface area (Å²) in [6.07, 6.45) is 7.59. The summed E-state index contributed by atoms with van der Waals surface area (Å²) in [5.74, 6) is 1.07. The van der Waals surface area contributed by atoms with Gasteiger partial charge in [-0.1, -0.05) is 53.4 Å². The van der Waals surface area contributed by atoms with Crippen LogP contribution in [0.1, 0.15) is 66.2 Å². The Morgan fingerprint density at radius 3 is 1.84 bits per heavy atom. The molecular weight excluding hydrogens is 236 g/mol. The summed E-state index contributed by atoms with van der Waals surface area (Å²) in [5.41, 5.74) is 5.67. The maximum atomic E-state index is 11.9. The van der Waals surface area contributed by atoms with Gasteiger partial charge in [0, 0.05) is 6.04 Å². The van der Waals surface area contributed by atoms with Crippen LogP contribution in [0.4, 0.5) is 0 Å². The lowest BCUT2D eigenvalue weighted by Crippen LogP contribution is -2.53. The first-order chi connectivity index (χ1) is 8.93. The third-order valence-electron chi connectivity index (χ3n) is 4.50. The van der Waals surface area contributed by atoms with Crippen molar-refractivity contribution in [3.8, 4) is 0 Å². The topological polar surface area (TPSA) is 55.1 Å². The molecular formula is C16H32N2O. The second kappa shape index (κ2) is 7.88. The van der Waals surface area contributed by atoms with Crippen LogP contribution in [0.5, 0.6) is 0 Å². The van der Waals surface area contributed by atoms with Gasteiger partial charge in [-0.3, -0.25) is 4.79 Å². The molecule has 0 saturated heterocycles. The van der Waals surface area contributed by atoms with Gasteiger partial charge in [-0.25, -0.2) is 0 Å². The number of rotatable bonds is 6. The van der Waals surface area contributed by atoms with E-state index in [1.54, 1.807) is 0 Å². The molecule has 1 atom stereocenters. The highest BCUT2D eigenvalue weighted by molar-refractivity contribution is 5.80. The molecule has 0 spiro atoms. The zero-order valence-corrected chi connectivity index (χ0v) is 13.1. The Kier molecular flexibility index (Phi) is 6.84. The maximum Gasteiger partial charge on any atom is 0.234 e. The van der Waals surface area contributed by atoms with Gasteiger partial charge < -0.3 is 11.1 Å². The number of hydrogen-bond acceptors (Lipinski definition) is 2. The minimum atomic E-state index is -0.184. The fourth-order valence-electron chi connectivity index (χ4n) is 3.62. The largest absolute Gasteiger partial charge is 0.368 e. The molecule has 0 bridgehead atoms. The first-order valence-corrected chi connectivity index (χ1v) is 7.98. The molecule has 1 fully saturated rings. The Bertz CT molecular complexity index is 260. The molecule has 3 heteroatoms. The Morgan fingerprint density at radius 1 is 1.00 bits per heavy atom. The van der Waals surface area contributed by atoms with E-state index in [-0.39, 0.29) is 11.9 Å². The van der Waals surface area contributed by atoms with Crippen molar-refractivity contribution in [1.82, 2.24) is 5.32 Å². The van der Waals surface area contributed by atoms with Gasteiger partial charge >= 0.3 is 0 Å². The second-order valence-corrected chi connectivity index (χ2v) is 6.80. The lowest BCUT2D eigenvalue weighted by molar-refractivity contribution is -0.122. The molecule has 1 amide bonds. The molecule has 3 N–H and O–H groups in total. The van der Waals surface area contributed by atoms with E-state index in [0.717, 1.165) is 0 Å². The van der Waals surface area contributed by atoms with Crippen LogP contribution < -0.4 is 11.1 Å². The minimum absolute atomic E-state index is 0.178. The molecule has 1 unspecified atom stereocenters. The van der Waals surface area contributed by atoms with E-state index in [1.807, 2.05) is 0 Å². The van der Waals surface area contributed by atoms with E-state index in [2.05, 4.69) is 33.0 Å². The monoisotopic (exact) mass is 268 g/mol. The predicted octanol–water partition coefficient (Wildman–Crippen LogP) is 3.08. The number of amides is 1. The first-order valence-electron chi connectivity index (χ1n) is 7.98. The normalized spacial score (nSPS) is 19.9.